The van der Waals surface area contributed by atoms with E-state index in [2.05, 4.69) is 15.3 Å². The van der Waals surface area contributed by atoms with Crippen molar-refractivity contribution in [1.29, 1.82) is 0 Å². The number of H-pyrrole nitrogens is 1. The highest BCUT2D eigenvalue weighted by Gasteiger charge is 2.37. The van der Waals surface area contributed by atoms with Gasteiger partial charge in [-0.05, 0) is 24.3 Å². The summed E-state index contributed by atoms with van der Waals surface area (Å²) in [5, 5.41) is 2.88. The number of hydrogen-bond acceptors (Lipinski definition) is 4. The number of imidazole rings is 1. The molecule has 130 valence electrons. The number of anilines is 1. The summed E-state index contributed by atoms with van der Waals surface area (Å²) in [6, 6.07) is 9.92. The summed E-state index contributed by atoms with van der Waals surface area (Å²) in [5.41, 5.74) is 1.70. The molecule has 1 aliphatic heterocycles. The van der Waals surface area contributed by atoms with Crippen molar-refractivity contribution in [2.45, 2.75) is 0 Å². The highest BCUT2D eigenvalue weighted by atomic mass is 35.5. The van der Waals surface area contributed by atoms with Gasteiger partial charge in [-0.3, -0.25) is 24.6 Å². The maximum Gasteiger partial charge on any atom is 0.262 e. The van der Waals surface area contributed by atoms with Crippen LogP contribution in [0.25, 0.3) is 11.0 Å². The summed E-state index contributed by atoms with van der Waals surface area (Å²) in [4.78, 5) is 45.1. The van der Waals surface area contributed by atoms with Crippen LogP contribution in [-0.2, 0) is 4.79 Å². The Morgan fingerprint density at radius 1 is 1.08 bits per heavy atom. The number of aromatic amines is 1. The quantitative estimate of drug-likeness (QED) is 0.673. The number of halogens is 2. The number of benzene rings is 2. The lowest BCUT2D eigenvalue weighted by Gasteiger charge is -2.12. The van der Waals surface area contributed by atoms with E-state index in [1.165, 1.54) is 12.1 Å². The Labute approximate surface area is 156 Å². The second-order valence-corrected chi connectivity index (χ2v) is 6.47. The molecule has 1 aliphatic rings. The Morgan fingerprint density at radius 2 is 1.69 bits per heavy atom. The highest BCUT2D eigenvalue weighted by Crippen LogP contribution is 2.31. The maximum atomic E-state index is 12.4. The van der Waals surface area contributed by atoms with Crippen LogP contribution in [0.15, 0.2) is 36.4 Å². The monoisotopic (exact) mass is 388 g/mol. The van der Waals surface area contributed by atoms with Gasteiger partial charge in [0.2, 0.25) is 11.9 Å². The van der Waals surface area contributed by atoms with Crippen LogP contribution in [0.3, 0.4) is 0 Å². The number of imide groups is 1. The Kier molecular flexibility index (Phi) is 3.90. The molecule has 0 bridgehead atoms. The van der Waals surface area contributed by atoms with E-state index < -0.39 is 24.3 Å². The number of aromatic nitrogens is 2. The van der Waals surface area contributed by atoms with Gasteiger partial charge in [-0.1, -0.05) is 35.3 Å². The minimum atomic E-state index is -0.594. The number of nitrogens with zero attached hydrogens (tertiary/aromatic N) is 2. The lowest BCUT2D eigenvalue weighted by atomic mass is 10.1. The molecule has 4 rings (SSSR count). The SMILES string of the molecule is O=C(CN1C(=O)c2cc(Cl)c(Cl)cc2C1=O)Nc1nc2ccccc2[nH]1. The first-order chi connectivity index (χ1) is 12.4. The van der Waals surface area contributed by atoms with Gasteiger partial charge < -0.3 is 4.98 Å². The first-order valence-electron chi connectivity index (χ1n) is 7.54. The van der Waals surface area contributed by atoms with Crippen molar-refractivity contribution in [3.8, 4) is 0 Å². The zero-order chi connectivity index (χ0) is 18.4. The molecule has 0 saturated carbocycles. The number of fused-ring (bicyclic) bond motifs is 2. The van der Waals surface area contributed by atoms with Crippen LogP contribution < -0.4 is 5.32 Å². The molecule has 0 atom stereocenters. The number of rotatable bonds is 3. The molecule has 7 nitrogen and oxygen atoms in total. The Balaban J connectivity index is 1.53. The second-order valence-electron chi connectivity index (χ2n) is 5.66. The van der Waals surface area contributed by atoms with Crippen molar-refractivity contribution in [2.75, 3.05) is 11.9 Å². The van der Waals surface area contributed by atoms with E-state index in [1.807, 2.05) is 18.2 Å². The molecule has 2 N–H and O–H groups in total. The van der Waals surface area contributed by atoms with Crippen molar-refractivity contribution in [3.05, 3.63) is 57.6 Å². The van der Waals surface area contributed by atoms with Crippen molar-refractivity contribution in [3.63, 3.8) is 0 Å². The largest absolute Gasteiger partial charge is 0.324 e. The number of amides is 3. The number of carbonyl (C=O) groups is 3. The van der Waals surface area contributed by atoms with Crippen molar-refractivity contribution < 1.29 is 14.4 Å². The standard InChI is InChI=1S/C17H10Cl2N4O3/c18-10-5-8-9(6-11(10)19)16(26)23(15(8)25)7-14(24)22-17-20-12-3-1-2-4-13(12)21-17/h1-6H,7H2,(H2,20,21,22,24). The molecular weight excluding hydrogens is 379 g/mol. The Hall–Kier alpha value is -2.90. The summed E-state index contributed by atoms with van der Waals surface area (Å²) in [7, 11) is 0. The van der Waals surface area contributed by atoms with Gasteiger partial charge in [-0.25, -0.2) is 4.98 Å². The van der Waals surface area contributed by atoms with Gasteiger partial charge in [0.1, 0.15) is 6.54 Å². The maximum absolute atomic E-state index is 12.4. The number of carbonyl (C=O) groups excluding carboxylic acids is 3. The zero-order valence-corrected chi connectivity index (χ0v) is 14.6. The van der Waals surface area contributed by atoms with E-state index in [-0.39, 0.29) is 27.1 Å². The van der Waals surface area contributed by atoms with E-state index in [4.69, 9.17) is 23.2 Å². The van der Waals surface area contributed by atoms with Gasteiger partial charge in [0, 0.05) is 0 Å². The van der Waals surface area contributed by atoms with Crippen LogP contribution in [0.1, 0.15) is 20.7 Å². The molecule has 0 unspecified atom stereocenters. The van der Waals surface area contributed by atoms with Gasteiger partial charge in [-0.15, -0.1) is 0 Å². The second kappa shape index (κ2) is 6.12. The molecule has 9 heteroatoms. The number of nitrogens with one attached hydrogen (secondary N) is 2. The number of para-hydroxylation sites is 2. The minimum Gasteiger partial charge on any atom is -0.324 e. The van der Waals surface area contributed by atoms with Crippen molar-refractivity contribution in [2.24, 2.45) is 0 Å². The van der Waals surface area contributed by atoms with Crippen LogP contribution in [0.4, 0.5) is 5.95 Å². The molecule has 0 saturated heterocycles. The normalized spacial score (nSPS) is 13.4. The minimum absolute atomic E-state index is 0.126. The molecule has 3 amide bonds. The average molecular weight is 389 g/mol. The van der Waals surface area contributed by atoms with E-state index in [0.29, 0.717) is 5.52 Å². The third-order valence-corrected chi connectivity index (χ3v) is 4.68. The van der Waals surface area contributed by atoms with Crippen LogP contribution in [0.2, 0.25) is 10.0 Å². The molecule has 0 aliphatic carbocycles. The molecule has 2 heterocycles. The first kappa shape index (κ1) is 16.6. The molecular formula is C17H10Cl2N4O3. The summed E-state index contributed by atoms with van der Waals surface area (Å²) in [6.07, 6.45) is 0. The predicted octanol–water partition coefficient (Wildman–Crippen LogP) is 3.10. The molecule has 26 heavy (non-hydrogen) atoms. The van der Waals surface area contributed by atoms with Gasteiger partial charge in [0.15, 0.2) is 0 Å². The van der Waals surface area contributed by atoms with E-state index >= 15 is 0 Å². The third kappa shape index (κ3) is 2.71. The molecule has 0 fully saturated rings. The van der Waals surface area contributed by atoms with Crippen molar-refractivity contribution in [1.82, 2.24) is 14.9 Å². The summed E-state index contributed by atoms with van der Waals surface area (Å²) < 4.78 is 0. The van der Waals surface area contributed by atoms with Crippen LogP contribution in [-0.4, -0.2) is 39.1 Å². The lowest BCUT2D eigenvalue weighted by Crippen LogP contribution is -2.37. The fraction of sp³-hybridized carbons (Fsp3) is 0.0588. The summed E-state index contributed by atoms with van der Waals surface area (Å²) in [6.45, 7) is -0.446. The highest BCUT2D eigenvalue weighted by molar-refractivity contribution is 6.43. The molecule has 1 aromatic heterocycles. The average Bonchev–Trinajstić information content (AvgIpc) is 3.10. The smallest absolute Gasteiger partial charge is 0.262 e. The van der Waals surface area contributed by atoms with E-state index in [1.54, 1.807) is 6.07 Å². The number of hydrogen-bond donors (Lipinski definition) is 2. The summed E-state index contributed by atoms with van der Waals surface area (Å²) in [5.74, 6) is -1.51. The Bertz CT molecular complexity index is 1020. The predicted molar refractivity (Wildman–Crippen MR) is 96.6 cm³/mol. The lowest BCUT2D eigenvalue weighted by molar-refractivity contribution is -0.116. The third-order valence-electron chi connectivity index (χ3n) is 3.96. The zero-order valence-electron chi connectivity index (χ0n) is 13.0. The summed E-state index contributed by atoms with van der Waals surface area (Å²) >= 11 is 11.8. The van der Waals surface area contributed by atoms with Gasteiger partial charge in [0.05, 0.1) is 32.2 Å². The van der Waals surface area contributed by atoms with Gasteiger partial charge in [0.25, 0.3) is 11.8 Å². The van der Waals surface area contributed by atoms with Crippen LogP contribution in [0.5, 0.6) is 0 Å². The molecule has 0 spiro atoms. The topological polar surface area (TPSA) is 95.2 Å². The molecule has 3 aromatic rings. The van der Waals surface area contributed by atoms with Crippen LogP contribution in [0, 0.1) is 0 Å². The van der Waals surface area contributed by atoms with Crippen LogP contribution >= 0.6 is 23.2 Å². The Morgan fingerprint density at radius 3 is 2.31 bits per heavy atom. The molecule has 0 radical (unpaired) electrons. The molecule has 2 aromatic carbocycles. The van der Waals surface area contributed by atoms with E-state index in [9.17, 15) is 14.4 Å². The van der Waals surface area contributed by atoms with Gasteiger partial charge >= 0.3 is 0 Å². The van der Waals surface area contributed by atoms with E-state index in [0.717, 1.165) is 10.4 Å². The fourth-order valence-electron chi connectivity index (χ4n) is 2.75. The van der Waals surface area contributed by atoms with Crippen molar-refractivity contribution >= 4 is 57.9 Å². The fourth-order valence-corrected chi connectivity index (χ4v) is 3.08. The van der Waals surface area contributed by atoms with Gasteiger partial charge in [-0.2, -0.15) is 0 Å². The first-order valence-corrected chi connectivity index (χ1v) is 8.29.